The third-order valence-electron chi connectivity index (χ3n) is 5.56. The number of hydrogen-bond acceptors (Lipinski definition) is 5. The first kappa shape index (κ1) is 27.1. The van der Waals surface area contributed by atoms with Gasteiger partial charge in [-0.15, -0.1) is 0 Å². The summed E-state index contributed by atoms with van der Waals surface area (Å²) in [5, 5.41) is 5.03. The highest BCUT2D eigenvalue weighted by molar-refractivity contribution is 7.87. The number of carbonyl (C=O) groups excluding carboxylic acids is 1. The van der Waals surface area contributed by atoms with E-state index in [0.29, 0.717) is 22.8 Å². The van der Waals surface area contributed by atoms with E-state index in [9.17, 15) is 13.2 Å². The van der Waals surface area contributed by atoms with Gasteiger partial charge in [0.2, 0.25) is 11.7 Å². The van der Waals surface area contributed by atoms with Gasteiger partial charge in [-0.25, -0.2) is 4.68 Å². The first-order chi connectivity index (χ1) is 15.3. The van der Waals surface area contributed by atoms with Crippen molar-refractivity contribution in [3.63, 3.8) is 0 Å². The van der Waals surface area contributed by atoms with E-state index < -0.39 is 10.1 Å². The lowest BCUT2D eigenvalue weighted by Crippen LogP contribution is -2.21. The molecule has 0 bridgehead atoms. The van der Waals surface area contributed by atoms with Gasteiger partial charge in [0.25, 0.3) is 0 Å². The topological polar surface area (TPSA) is 78.3 Å². The Morgan fingerprint density at radius 1 is 1.15 bits per heavy atom. The molecule has 1 aromatic heterocycles. The van der Waals surface area contributed by atoms with Crippen LogP contribution in [0.2, 0.25) is 5.02 Å². The molecular formula is C25H35ClN2O4S. The fourth-order valence-corrected chi connectivity index (χ4v) is 5.34. The fourth-order valence-electron chi connectivity index (χ4n) is 3.70. The van der Waals surface area contributed by atoms with Gasteiger partial charge in [-0.2, -0.15) is 13.5 Å². The monoisotopic (exact) mass is 494 g/mol. The Morgan fingerprint density at radius 2 is 1.79 bits per heavy atom. The van der Waals surface area contributed by atoms with Crippen LogP contribution in [0.25, 0.3) is 5.57 Å². The number of allylic oxidation sites excluding steroid dienone is 2. The number of rotatable bonds is 10. The number of hydrogen-bond donors (Lipinski definition) is 0. The molecule has 2 aromatic rings. The lowest BCUT2D eigenvalue weighted by atomic mass is 9.91. The second-order valence-corrected chi connectivity index (χ2v) is 11.1. The molecule has 8 heteroatoms. The van der Waals surface area contributed by atoms with E-state index in [2.05, 4.69) is 5.10 Å². The summed E-state index contributed by atoms with van der Waals surface area (Å²) in [5.74, 6) is -0.610. The lowest BCUT2D eigenvalue weighted by Gasteiger charge is -2.16. The Hall–Kier alpha value is -2.12. The molecule has 0 N–H and O–H groups in total. The van der Waals surface area contributed by atoms with Gasteiger partial charge in [0.1, 0.15) is 5.56 Å². The van der Waals surface area contributed by atoms with Crippen molar-refractivity contribution in [3.8, 4) is 5.88 Å². The average molecular weight is 495 g/mol. The van der Waals surface area contributed by atoms with Crippen molar-refractivity contribution in [2.24, 2.45) is 5.92 Å². The van der Waals surface area contributed by atoms with Crippen LogP contribution < -0.4 is 4.18 Å². The molecule has 0 saturated carbocycles. The minimum atomic E-state index is -3.90. The Morgan fingerprint density at radius 3 is 2.33 bits per heavy atom. The van der Waals surface area contributed by atoms with Crippen LogP contribution in [0.1, 0.15) is 87.1 Å². The zero-order valence-electron chi connectivity index (χ0n) is 20.9. The van der Waals surface area contributed by atoms with Crippen molar-refractivity contribution in [1.29, 1.82) is 0 Å². The highest BCUT2D eigenvalue weighted by Gasteiger charge is 2.30. The summed E-state index contributed by atoms with van der Waals surface area (Å²) in [6.45, 7) is 15.6. The predicted molar refractivity (Wildman–Crippen MR) is 135 cm³/mol. The van der Waals surface area contributed by atoms with Crippen LogP contribution in [0.4, 0.5) is 0 Å². The molecule has 1 heterocycles. The summed E-state index contributed by atoms with van der Waals surface area (Å²) in [6, 6.07) is 3.38. The van der Waals surface area contributed by atoms with E-state index in [1.807, 2.05) is 34.6 Å². The molecule has 0 aliphatic rings. The predicted octanol–water partition coefficient (Wildman–Crippen LogP) is 6.36. The largest absolute Gasteiger partial charge is 0.361 e. The zero-order valence-corrected chi connectivity index (χ0v) is 22.4. The molecule has 0 fully saturated rings. The maximum Gasteiger partial charge on any atom is 0.310 e. The molecule has 1 aromatic carbocycles. The van der Waals surface area contributed by atoms with Crippen LogP contribution >= 0.6 is 11.6 Å². The molecular weight excluding hydrogens is 460 g/mol. The van der Waals surface area contributed by atoms with Crippen LogP contribution in [0.3, 0.4) is 0 Å². The number of unbranched alkanes of at least 4 members (excludes halogenated alkanes) is 1. The second kappa shape index (κ2) is 10.9. The van der Waals surface area contributed by atoms with Crippen molar-refractivity contribution in [2.45, 2.75) is 74.8 Å². The first-order valence-corrected chi connectivity index (χ1v) is 13.2. The number of halogens is 1. The van der Waals surface area contributed by atoms with E-state index in [-0.39, 0.29) is 28.9 Å². The Balaban J connectivity index is 2.70. The molecule has 0 aliphatic heterocycles. The fraction of sp³-hybridized carbons (Fsp3) is 0.520. The average Bonchev–Trinajstić information content (AvgIpc) is 2.98. The summed E-state index contributed by atoms with van der Waals surface area (Å²) >= 11 is 6.48. The molecule has 182 valence electrons. The Bertz CT molecular complexity index is 1170. The van der Waals surface area contributed by atoms with Gasteiger partial charge >= 0.3 is 10.1 Å². The summed E-state index contributed by atoms with van der Waals surface area (Å²) in [4.78, 5) is 13.8. The molecule has 0 atom stereocenters. The second-order valence-electron chi connectivity index (χ2n) is 9.09. The summed E-state index contributed by atoms with van der Waals surface area (Å²) < 4.78 is 32.4. The number of benzene rings is 1. The van der Waals surface area contributed by atoms with Gasteiger partial charge in [-0.05, 0) is 75.8 Å². The van der Waals surface area contributed by atoms with Gasteiger partial charge in [0, 0.05) is 17.1 Å². The smallest absolute Gasteiger partial charge is 0.310 e. The van der Waals surface area contributed by atoms with Gasteiger partial charge in [-0.1, -0.05) is 44.4 Å². The number of aromatic nitrogens is 2. The summed E-state index contributed by atoms with van der Waals surface area (Å²) in [7, 11) is -3.90. The van der Waals surface area contributed by atoms with Gasteiger partial charge in [-0.3, -0.25) is 4.79 Å². The number of nitrogens with zero attached hydrogens (tertiary/aromatic N) is 2. The van der Waals surface area contributed by atoms with E-state index in [1.54, 1.807) is 32.9 Å². The highest BCUT2D eigenvalue weighted by atomic mass is 35.5. The number of aryl methyl sites for hydroxylation is 2. The Labute approximate surface area is 203 Å². The molecule has 0 spiro atoms. The van der Waals surface area contributed by atoms with Gasteiger partial charge in [0.15, 0.2) is 0 Å². The standard InChI is InChI=1S/C25H35ClN2O4S/c1-9-10-13-28-25(32-33(30,31)14-15(2)3)23(19(8)27-28)24(29)20-11-12-21(26)22(18(20)7)17(6)16(4)5/h11-12,15H,9-10,13-14H2,1-8H3. The molecule has 2 rings (SSSR count). The molecule has 0 amide bonds. The third-order valence-corrected chi connectivity index (χ3v) is 7.36. The third kappa shape index (κ3) is 6.27. The van der Waals surface area contributed by atoms with Crippen LogP contribution in [0, 0.1) is 19.8 Å². The van der Waals surface area contributed by atoms with E-state index >= 15 is 0 Å². The first-order valence-electron chi connectivity index (χ1n) is 11.3. The van der Waals surface area contributed by atoms with Gasteiger partial charge < -0.3 is 4.18 Å². The van der Waals surface area contributed by atoms with Crippen LogP contribution in [-0.2, 0) is 16.7 Å². The summed E-state index contributed by atoms with van der Waals surface area (Å²) in [6.07, 6.45) is 1.67. The van der Waals surface area contributed by atoms with Crippen molar-refractivity contribution in [1.82, 2.24) is 9.78 Å². The maximum atomic E-state index is 13.8. The van der Waals surface area contributed by atoms with Crippen molar-refractivity contribution < 1.29 is 17.4 Å². The molecule has 0 aliphatic carbocycles. The van der Waals surface area contributed by atoms with Gasteiger partial charge in [0.05, 0.1) is 11.4 Å². The molecule has 0 radical (unpaired) electrons. The minimum Gasteiger partial charge on any atom is -0.361 e. The van der Waals surface area contributed by atoms with Crippen molar-refractivity contribution in [3.05, 3.63) is 50.7 Å². The van der Waals surface area contributed by atoms with E-state index in [1.165, 1.54) is 4.68 Å². The van der Waals surface area contributed by atoms with E-state index in [0.717, 1.165) is 35.1 Å². The number of carbonyl (C=O) groups is 1. The highest BCUT2D eigenvalue weighted by Crippen LogP contribution is 2.34. The molecule has 6 nitrogen and oxygen atoms in total. The molecule has 0 saturated heterocycles. The SMILES string of the molecule is CCCCn1nc(C)c(C(=O)c2ccc(Cl)c(C(C)=C(C)C)c2C)c1OS(=O)(=O)CC(C)C. The zero-order chi connectivity index (χ0) is 25.1. The van der Waals surface area contributed by atoms with Crippen LogP contribution in [0.5, 0.6) is 5.88 Å². The van der Waals surface area contributed by atoms with E-state index in [4.69, 9.17) is 15.8 Å². The van der Waals surface area contributed by atoms with Crippen LogP contribution in [0.15, 0.2) is 17.7 Å². The normalized spacial score (nSPS) is 11.7. The lowest BCUT2D eigenvalue weighted by molar-refractivity contribution is 0.103. The molecule has 33 heavy (non-hydrogen) atoms. The maximum absolute atomic E-state index is 13.8. The molecule has 0 unspecified atom stereocenters. The van der Waals surface area contributed by atoms with Crippen molar-refractivity contribution >= 4 is 33.1 Å². The minimum absolute atomic E-state index is 0.0126. The van der Waals surface area contributed by atoms with Crippen molar-refractivity contribution in [2.75, 3.05) is 5.75 Å². The van der Waals surface area contributed by atoms with Crippen LogP contribution in [-0.4, -0.2) is 29.7 Å². The summed E-state index contributed by atoms with van der Waals surface area (Å²) in [5.41, 5.74) is 4.69. The quantitative estimate of drug-likeness (QED) is 0.283. The number of ketones is 1. The Kier molecular flexibility index (Phi) is 8.94.